The van der Waals surface area contributed by atoms with Crippen LogP contribution in [0.15, 0.2) is 23.3 Å². The second-order valence-electron chi connectivity index (χ2n) is 8.21. The number of methoxy groups -OCH3 is 2. The van der Waals surface area contributed by atoms with Gasteiger partial charge in [-0.2, -0.15) is 20.1 Å². The van der Waals surface area contributed by atoms with Crippen molar-refractivity contribution < 1.29 is 9.47 Å². The highest BCUT2D eigenvalue weighted by Crippen LogP contribution is 2.25. The fraction of sp³-hybridized carbons (Fsp3) is 0.565. The summed E-state index contributed by atoms with van der Waals surface area (Å²) >= 11 is 0. The molecule has 9 nitrogen and oxygen atoms in total. The summed E-state index contributed by atoms with van der Waals surface area (Å²) in [6, 6.07) is 5.64. The molecule has 0 N–H and O–H groups in total. The highest BCUT2D eigenvalue weighted by molar-refractivity contribution is 5.84. The van der Waals surface area contributed by atoms with Crippen LogP contribution in [0.5, 0.6) is 11.5 Å². The summed E-state index contributed by atoms with van der Waals surface area (Å²) in [5.41, 5.74) is 0.849. The van der Waals surface area contributed by atoms with E-state index in [1.54, 1.807) is 25.4 Å². The Morgan fingerprint density at radius 1 is 0.844 bits per heavy atom. The molecule has 2 saturated heterocycles. The van der Waals surface area contributed by atoms with E-state index in [1.165, 1.54) is 38.5 Å². The number of hydrogen-bond donors (Lipinski definition) is 0. The topological polar surface area (TPSA) is 79.2 Å². The van der Waals surface area contributed by atoms with Crippen LogP contribution in [0.3, 0.4) is 0 Å². The third-order valence-corrected chi connectivity index (χ3v) is 5.98. The quantitative estimate of drug-likeness (QED) is 0.480. The second-order valence-corrected chi connectivity index (χ2v) is 8.21. The van der Waals surface area contributed by atoms with Crippen molar-refractivity contribution in [1.82, 2.24) is 15.0 Å². The number of anilines is 3. The maximum absolute atomic E-state index is 5.48. The molecule has 32 heavy (non-hydrogen) atoms. The Bertz CT molecular complexity index is 888. The van der Waals surface area contributed by atoms with E-state index < -0.39 is 0 Å². The zero-order valence-corrected chi connectivity index (χ0v) is 19.3. The van der Waals surface area contributed by atoms with Gasteiger partial charge in [0, 0.05) is 44.9 Å². The van der Waals surface area contributed by atoms with Gasteiger partial charge < -0.3 is 19.3 Å². The zero-order chi connectivity index (χ0) is 22.3. The van der Waals surface area contributed by atoms with Gasteiger partial charge in [0.05, 0.1) is 20.4 Å². The van der Waals surface area contributed by atoms with Crippen molar-refractivity contribution >= 4 is 24.1 Å². The summed E-state index contributed by atoms with van der Waals surface area (Å²) in [5, 5.41) is 6.30. The standard InChI is InChI=1S/C23H33N7O2/c1-28(24-17-18-10-11-19(31-2)16-20(18)32-3)21-25-22(29-12-6-4-7-13-29)27-23(26-21)30-14-8-5-9-15-30/h10-11,16-17H,4-9,12-15H2,1-3H3. The molecule has 2 fully saturated rings. The molecule has 0 atom stereocenters. The molecular formula is C23H33N7O2. The van der Waals surface area contributed by atoms with Gasteiger partial charge in [0.1, 0.15) is 11.5 Å². The number of ether oxygens (including phenoxy) is 2. The van der Waals surface area contributed by atoms with Gasteiger partial charge in [-0.1, -0.05) is 0 Å². The van der Waals surface area contributed by atoms with Gasteiger partial charge >= 0.3 is 0 Å². The first-order valence-electron chi connectivity index (χ1n) is 11.4. The molecule has 2 aliphatic rings. The average Bonchev–Trinajstić information content (AvgIpc) is 2.87. The number of piperidine rings is 2. The third kappa shape index (κ3) is 5.20. The molecular weight excluding hydrogens is 406 g/mol. The van der Waals surface area contributed by atoms with Gasteiger partial charge in [-0.15, -0.1) is 0 Å². The van der Waals surface area contributed by atoms with Crippen molar-refractivity contribution in [2.45, 2.75) is 38.5 Å². The van der Waals surface area contributed by atoms with Gasteiger partial charge in [0.2, 0.25) is 11.9 Å². The van der Waals surface area contributed by atoms with Crippen LogP contribution in [0.4, 0.5) is 17.8 Å². The molecule has 172 valence electrons. The van der Waals surface area contributed by atoms with Gasteiger partial charge in [0.15, 0.2) is 0 Å². The molecule has 0 radical (unpaired) electrons. The number of nitrogens with zero attached hydrogens (tertiary/aromatic N) is 7. The van der Waals surface area contributed by atoms with Crippen LogP contribution in [0.1, 0.15) is 44.1 Å². The van der Waals surface area contributed by atoms with Crippen LogP contribution in [0.25, 0.3) is 0 Å². The number of aromatic nitrogens is 3. The number of hydrazone groups is 1. The summed E-state index contributed by atoms with van der Waals surface area (Å²) in [7, 11) is 5.14. The van der Waals surface area contributed by atoms with Crippen molar-refractivity contribution in [2.75, 3.05) is 62.3 Å². The van der Waals surface area contributed by atoms with Crippen LogP contribution < -0.4 is 24.3 Å². The molecule has 0 amide bonds. The molecule has 0 aliphatic carbocycles. The van der Waals surface area contributed by atoms with E-state index in [2.05, 4.69) is 14.9 Å². The number of hydrogen-bond acceptors (Lipinski definition) is 9. The van der Waals surface area contributed by atoms with Crippen LogP contribution in [-0.2, 0) is 0 Å². The number of benzene rings is 1. The third-order valence-electron chi connectivity index (χ3n) is 5.98. The molecule has 1 aromatic carbocycles. The molecule has 0 unspecified atom stereocenters. The van der Waals surface area contributed by atoms with E-state index in [-0.39, 0.29) is 0 Å². The fourth-order valence-electron chi connectivity index (χ4n) is 4.08. The Balaban J connectivity index is 1.61. The lowest BCUT2D eigenvalue weighted by molar-refractivity contribution is 0.394. The van der Waals surface area contributed by atoms with E-state index in [9.17, 15) is 0 Å². The first-order chi connectivity index (χ1) is 15.7. The number of rotatable bonds is 7. The summed E-state index contributed by atoms with van der Waals surface area (Å²) in [6.07, 6.45) is 8.97. The Kier molecular flexibility index (Phi) is 7.24. The predicted molar refractivity (Wildman–Crippen MR) is 127 cm³/mol. The van der Waals surface area contributed by atoms with Crippen LogP contribution in [0.2, 0.25) is 0 Å². The van der Waals surface area contributed by atoms with Crippen molar-refractivity contribution in [3.63, 3.8) is 0 Å². The monoisotopic (exact) mass is 439 g/mol. The minimum atomic E-state index is 0.546. The van der Waals surface area contributed by atoms with Gasteiger partial charge in [-0.05, 0) is 50.7 Å². The summed E-state index contributed by atoms with van der Waals surface area (Å²) in [6.45, 7) is 3.94. The molecule has 9 heteroatoms. The zero-order valence-electron chi connectivity index (χ0n) is 19.3. The van der Waals surface area contributed by atoms with Crippen molar-refractivity contribution in [2.24, 2.45) is 5.10 Å². The Labute approximate surface area is 190 Å². The fourth-order valence-corrected chi connectivity index (χ4v) is 4.08. The molecule has 2 aliphatic heterocycles. The smallest absolute Gasteiger partial charge is 0.252 e. The van der Waals surface area contributed by atoms with Crippen molar-refractivity contribution in [3.8, 4) is 11.5 Å². The minimum absolute atomic E-state index is 0.546. The van der Waals surface area contributed by atoms with Crippen LogP contribution >= 0.6 is 0 Å². The van der Waals surface area contributed by atoms with Gasteiger partial charge in [-0.25, -0.2) is 5.01 Å². The molecule has 3 heterocycles. The highest BCUT2D eigenvalue weighted by atomic mass is 16.5. The molecule has 0 saturated carbocycles. The lowest BCUT2D eigenvalue weighted by Gasteiger charge is -2.30. The average molecular weight is 440 g/mol. The Hall–Kier alpha value is -3.10. The van der Waals surface area contributed by atoms with E-state index in [0.717, 1.165) is 49.4 Å². The van der Waals surface area contributed by atoms with Crippen LogP contribution in [-0.4, -0.2) is 68.6 Å². The maximum atomic E-state index is 5.48. The summed E-state index contributed by atoms with van der Waals surface area (Å²) < 4.78 is 10.8. The lowest BCUT2D eigenvalue weighted by atomic mass is 10.1. The van der Waals surface area contributed by atoms with Gasteiger partial charge in [-0.3, -0.25) is 0 Å². The normalized spacial score (nSPS) is 17.0. The molecule has 1 aromatic heterocycles. The predicted octanol–water partition coefficient (Wildman–Crippen LogP) is 3.34. The maximum Gasteiger partial charge on any atom is 0.252 e. The first-order valence-corrected chi connectivity index (χ1v) is 11.4. The van der Waals surface area contributed by atoms with Crippen molar-refractivity contribution in [3.05, 3.63) is 23.8 Å². The first kappa shape index (κ1) is 22.1. The Morgan fingerprint density at radius 2 is 1.44 bits per heavy atom. The van der Waals surface area contributed by atoms with Crippen molar-refractivity contribution in [1.29, 1.82) is 0 Å². The molecule has 4 rings (SSSR count). The van der Waals surface area contributed by atoms with E-state index in [1.807, 2.05) is 25.2 Å². The Morgan fingerprint density at radius 3 is 1.97 bits per heavy atom. The summed E-state index contributed by atoms with van der Waals surface area (Å²) in [4.78, 5) is 18.9. The highest BCUT2D eigenvalue weighted by Gasteiger charge is 2.21. The van der Waals surface area contributed by atoms with Gasteiger partial charge in [0.25, 0.3) is 5.95 Å². The molecule has 2 aromatic rings. The molecule has 0 bridgehead atoms. The largest absolute Gasteiger partial charge is 0.497 e. The van der Waals surface area contributed by atoms with Crippen LogP contribution in [0, 0.1) is 0 Å². The lowest BCUT2D eigenvalue weighted by Crippen LogP contribution is -2.35. The summed E-state index contributed by atoms with van der Waals surface area (Å²) in [5.74, 6) is 3.48. The SMILES string of the molecule is COc1ccc(C=NN(C)c2nc(N3CCCCC3)nc(N3CCCCC3)n2)c(OC)c1. The second kappa shape index (κ2) is 10.5. The van der Waals surface area contributed by atoms with E-state index in [4.69, 9.17) is 24.4 Å². The minimum Gasteiger partial charge on any atom is -0.497 e. The van der Waals surface area contributed by atoms with E-state index in [0.29, 0.717) is 11.7 Å². The molecule has 0 spiro atoms. The van der Waals surface area contributed by atoms with E-state index >= 15 is 0 Å².